The lowest BCUT2D eigenvalue weighted by Gasteiger charge is -2.19. The van der Waals surface area contributed by atoms with E-state index in [2.05, 4.69) is 28.2 Å². The second-order valence-electron chi connectivity index (χ2n) is 4.49. The summed E-state index contributed by atoms with van der Waals surface area (Å²) in [5.74, 6) is 1.02. The lowest BCUT2D eigenvalue weighted by atomic mass is 10.3. The predicted molar refractivity (Wildman–Crippen MR) is 75.6 cm³/mol. The highest BCUT2D eigenvalue weighted by atomic mass is 16.3. The summed E-state index contributed by atoms with van der Waals surface area (Å²) in [5, 5.41) is 3.43. The van der Waals surface area contributed by atoms with Gasteiger partial charge in [-0.15, -0.1) is 0 Å². The highest BCUT2D eigenvalue weighted by Gasteiger charge is 2.04. The number of hydrogen-bond donors (Lipinski definition) is 1. The minimum atomic E-state index is 0.867. The predicted octanol–water partition coefficient (Wildman–Crippen LogP) is 2.29. The van der Waals surface area contributed by atoms with E-state index < -0.39 is 0 Å². The Labute approximate surface area is 114 Å². The number of pyridine rings is 1. The van der Waals surface area contributed by atoms with Crippen LogP contribution in [0.4, 0.5) is 0 Å². The van der Waals surface area contributed by atoms with Gasteiger partial charge in [0, 0.05) is 32.0 Å². The van der Waals surface area contributed by atoms with E-state index in [4.69, 9.17) is 4.42 Å². The van der Waals surface area contributed by atoms with E-state index in [1.54, 1.807) is 12.5 Å². The van der Waals surface area contributed by atoms with Crippen molar-refractivity contribution < 1.29 is 4.42 Å². The van der Waals surface area contributed by atoms with Crippen LogP contribution in [-0.2, 0) is 13.1 Å². The highest BCUT2D eigenvalue weighted by molar-refractivity contribution is 5.07. The summed E-state index contributed by atoms with van der Waals surface area (Å²) in [7, 11) is 0. The monoisotopic (exact) mass is 259 g/mol. The normalized spacial score (nSPS) is 11.1. The van der Waals surface area contributed by atoms with Gasteiger partial charge < -0.3 is 9.73 Å². The van der Waals surface area contributed by atoms with Crippen molar-refractivity contribution >= 4 is 0 Å². The maximum Gasteiger partial charge on any atom is 0.117 e. The molecule has 0 radical (unpaired) electrons. The molecule has 2 aromatic heterocycles. The van der Waals surface area contributed by atoms with Gasteiger partial charge in [-0.25, -0.2) is 0 Å². The summed E-state index contributed by atoms with van der Waals surface area (Å²) in [6, 6.07) is 8.00. The van der Waals surface area contributed by atoms with Crippen LogP contribution in [0.25, 0.3) is 0 Å². The minimum absolute atomic E-state index is 0.867. The molecule has 0 saturated heterocycles. The maximum atomic E-state index is 5.37. The van der Waals surface area contributed by atoms with Gasteiger partial charge >= 0.3 is 0 Å². The number of rotatable bonds is 8. The second-order valence-corrected chi connectivity index (χ2v) is 4.49. The van der Waals surface area contributed by atoms with Crippen LogP contribution in [0.1, 0.15) is 18.2 Å². The molecule has 0 aliphatic rings. The Bertz CT molecular complexity index is 442. The number of nitrogens with zero attached hydrogens (tertiary/aromatic N) is 2. The van der Waals surface area contributed by atoms with Crippen LogP contribution in [0.15, 0.2) is 47.3 Å². The third kappa shape index (κ3) is 4.85. The SMILES string of the molecule is CCN(CCNCc1cccnc1)Cc1ccco1. The molecule has 0 aliphatic carbocycles. The first-order valence-corrected chi connectivity index (χ1v) is 6.73. The molecular weight excluding hydrogens is 238 g/mol. The van der Waals surface area contributed by atoms with E-state index in [0.717, 1.165) is 38.5 Å². The van der Waals surface area contributed by atoms with Gasteiger partial charge in [-0.2, -0.15) is 0 Å². The van der Waals surface area contributed by atoms with Crippen LogP contribution in [-0.4, -0.2) is 29.5 Å². The largest absolute Gasteiger partial charge is 0.468 e. The zero-order chi connectivity index (χ0) is 13.3. The van der Waals surface area contributed by atoms with Crippen molar-refractivity contribution in [2.24, 2.45) is 0 Å². The minimum Gasteiger partial charge on any atom is -0.468 e. The fraction of sp³-hybridized carbons (Fsp3) is 0.400. The molecule has 2 aromatic rings. The molecule has 2 heterocycles. The Hall–Kier alpha value is -1.65. The molecule has 2 rings (SSSR count). The van der Waals surface area contributed by atoms with Gasteiger partial charge in [0.1, 0.15) is 5.76 Å². The number of furan rings is 1. The summed E-state index contributed by atoms with van der Waals surface area (Å²) >= 11 is 0. The van der Waals surface area contributed by atoms with Gasteiger partial charge in [0.2, 0.25) is 0 Å². The Morgan fingerprint density at radius 1 is 1.32 bits per heavy atom. The van der Waals surface area contributed by atoms with E-state index in [9.17, 15) is 0 Å². The van der Waals surface area contributed by atoms with Crippen LogP contribution in [0.2, 0.25) is 0 Å². The summed E-state index contributed by atoms with van der Waals surface area (Å²) in [6.45, 7) is 6.91. The van der Waals surface area contributed by atoms with Crippen LogP contribution >= 0.6 is 0 Å². The Kier molecular flexibility index (Phi) is 5.59. The quantitative estimate of drug-likeness (QED) is 0.739. The molecule has 0 fully saturated rings. The zero-order valence-electron chi connectivity index (χ0n) is 11.4. The number of nitrogens with one attached hydrogen (secondary N) is 1. The molecule has 19 heavy (non-hydrogen) atoms. The molecule has 0 spiro atoms. The molecule has 0 bridgehead atoms. The van der Waals surface area contributed by atoms with Crippen molar-refractivity contribution in [3.63, 3.8) is 0 Å². The highest BCUT2D eigenvalue weighted by Crippen LogP contribution is 2.04. The number of likely N-dealkylation sites (N-methyl/N-ethyl adjacent to an activating group) is 1. The Morgan fingerprint density at radius 2 is 2.26 bits per heavy atom. The van der Waals surface area contributed by atoms with E-state index in [-0.39, 0.29) is 0 Å². The second kappa shape index (κ2) is 7.71. The van der Waals surface area contributed by atoms with Gasteiger partial charge in [-0.1, -0.05) is 13.0 Å². The molecule has 0 aliphatic heterocycles. The summed E-state index contributed by atoms with van der Waals surface area (Å²) in [4.78, 5) is 6.46. The average Bonchev–Trinajstić information content (AvgIpc) is 2.96. The van der Waals surface area contributed by atoms with Crippen molar-refractivity contribution in [1.29, 1.82) is 0 Å². The van der Waals surface area contributed by atoms with E-state index in [1.165, 1.54) is 5.56 Å². The van der Waals surface area contributed by atoms with Crippen LogP contribution in [0.3, 0.4) is 0 Å². The molecule has 4 nitrogen and oxygen atoms in total. The van der Waals surface area contributed by atoms with E-state index in [1.807, 2.05) is 24.4 Å². The van der Waals surface area contributed by atoms with Crippen molar-refractivity contribution in [3.8, 4) is 0 Å². The van der Waals surface area contributed by atoms with Gasteiger partial charge in [-0.3, -0.25) is 9.88 Å². The molecule has 1 N–H and O–H groups in total. The fourth-order valence-electron chi connectivity index (χ4n) is 1.94. The number of hydrogen-bond acceptors (Lipinski definition) is 4. The maximum absolute atomic E-state index is 5.37. The molecule has 4 heteroatoms. The van der Waals surface area contributed by atoms with Crippen molar-refractivity contribution in [2.45, 2.75) is 20.0 Å². The third-order valence-electron chi connectivity index (χ3n) is 3.06. The zero-order valence-corrected chi connectivity index (χ0v) is 11.4. The van der Waals surface area contributed by atoms with E-state index in [0.29, 0.717) is 0 Å². The molecule has 0 saturated carbocycles. The summed E-state index contributed by atoms with van der Waals surface area (Å²) in [5.41, 5.74) is 1.22. The van der Waals surface area contributed by atoms with Crippen molar-refractivity contribution in [1.82, 2.24) is 15.2 Å². The first-order chi connectivity index (χ1) is 9.38. The van der Waals surface area contributed by atoms with Crippen LogP contribution in [0.5, 0.6) is 0 Å². The first kappa shape index (κ1) is 13.8. The van der Waals surface area contributed by atoms with Gasteiger partial charge in [0.05, 0.1) is 12.8 Å². The summed E-state index contributed by atoms with van der Waals surface area (Å²) in [6.07, 6.45) is 5.42. The Balaban J connectivity index is 1.66. The molecule has 0 unspecified atom stereocenters. The van der Waals surface area contributed by atoms with Gasteiger partial charge in [-0.05, 0) is 30.3 Å². The standard InChI is InChI=1S/C15H21N3O/c1-2-18(13-15-6-4-10-19-15)9-8-17-12-14-5-3-7-16-11-14/h3-7,10-11,17H,2,8-9,12-13H2,1H3. The summed E-state index contributed by atoms with van der Waals surface area (Å²) < 4.78 is 5.37. The average molecular weight is 259 g/mol. The van der Waals surface area contributed by atoms with Gasteiger partial charge in [0.25, 0.3) is 0 Å². The topological polar surface area (TPSA) is 41.3 Å². The van der Waals surface area contributed by atoms with Gasteiger partial charge in [0.15, 0.2) is 0 Å². The molecule has 0 amide bonds. The third-order valence-corrected chi connectivity index (χ3v) is 3.06. The Morgan fingerprint density at radius 3 is 2.95 bits per heavy atom. The lowest BCUT2D eigenvalue weighted by molar-refractivity contribution is 0.255. The molecule has 0 aromatic carbocycles. The van der Waals surface area contributed by atoms with Crippen molar-refractivity contribution in [3.05, 3.63) is 54.2 Å². The van der Waals surface area contributed by atoms with Crippen LogP contribution in [0, 0.1) is 0 Å². The first-order valence-electron chi connectivity index (χ1n) is 6.73. The molecule has 102 valence electrons. The number of aromatic nitrogens is 1. The molecular formula is C15H21N3O. The lowest BCUT2D eigenvalue weighted by Crippen LogP contribution is -2.31. The smallest absolute Gasteiger partial charge is 0.117 e. The fourth-order valence-corrected chi connectivity index (χ4v) is 1.94. The molecule has 0 atom stereocenters. The van der Waals surface area contributed by atoms with Crippen molar-refractivity contribution in [2.75, 3.05) is 19.6 Å². The van der Waals surface area contributed by atoms with Crippen LogP contribution < -0.4 is 5.32 Å². The van der Waals surface area contributed by atoms with E-state index >= 15 is 0 Å².